The molecule has 0 bridgehead atoms. The van der Waals surface area contributed by atoms with Crippen LogP contribution in [0.3, 0.4) is 0 Å². The van der Waals surface area contributed by atoms with E-state index in [1.54, 1.807) is 13.8 Å². The molecule has 4 rings (SSSR count). The topological polar surface area (TPSA) is 52.3 Å². The minimum Gasteiger partial charge on any atom is -0.425 e. The lowest BCUT2D eigenvalue weighted by Crippen LogP contribution is -2.42. The monoisotopic (exact) mass is 353 g/mol. The number of esters is 1. The normalized spacial score (nSPS) is 14.6. The number of nitrogens with two attached hydrogens (primary N) is 1. The fraction of sp³-hybridized carbons (Fsp3) is 0.190. The molecule has 0 atom stereocenters. The molecular weight excluding hydrogens is 334 g/mol. The zero-order valence-electron chi connectivity index (χ0n) is 14.2. The minimum absolute atomic E-state index is 0. The van der Waals surface area contributed by atoms with Crippen LogP contribution in [0.2, 0.25) is 0 Å². The molecule has 3 nitrogen and oxygen atoms in total. The lowest BCUT2D eigenvalue weighted by molar-refractivity contribution is -0.143. The second-order valence-corrected chi connectivity index (χ2v) is 6.89. The summed E-state index contributed by atoms with van der Waals surface area (Å²) in [6.07, 6.45) is 11.0. The molecule has 0 fully saturated rings. The van der Waals surface area contributed by atoms with Crippen LogP contribution >= 0.6 is 12.4 Å². The van der Waals surface area contributed by atoms with Crippen molar-refractivity contribution in [3.63, 3.8) is 0 Å². The Labute approximate surface area is 152 Å². The number of ether oxygens (including phenoxy) is 1. The van der Waals surface area contributed by atoms with Gasteiger partial charge >= 0.3 is 5.97 Å². The van der Waals surface area contributed by atoms with Gasteiger partial charge < -0.3 is 10.5 Å². The van der Waals surface area contributed by atoms with E-state index in [1.165, 1.54) is 27.1 Å². The Hall–Kier alpha value is -2.36. The third-order valence-electron chi connectivity index (χ3n) is 4.50. The summed E-state index contributed by atoms with van der Waals surface area (Å²) >= 11 is 0. The van der Waals surface area contributed by atoms with E-state index in [2.05, 4.69) is 42.5 Å². The third-order valence-corrected chi connectivity index (χ3v) is 4.50. The fourth-order valence-electron chi connectivity index (χ4n) is 3.19. The molecule has 128 valence electrons. The van der Waals surface area contributed by atoms with Crippen molar-refractivity contribution < 1.29 is 9.53 Å². The van der Waals surface area contributed by atoms with Crippen molar-refractivity contribution in [2.75, 3.05) is 0 Å². The molecular formula is C21H20ClNO2. The quantitative estimate of drug-likeness (QED) is 0.844. The molecule has 2 aliphatic carbocycles. The molecule has 0 heterocycles. The van der Waals surface area contributed by atoms with Gasteiger partial charge in [0.15, 0.2) is 0 Å². The molecule has 4 heteroatoms. The molecule has 0 radical (unpaired) electrons. The fourth-order valence-corrected chi connectivity index (χ4v) is 3.19. The summed E-state index contributed by atoms with van der Waals surface area (Å²) in [5, 5.41) is 4.87. The Morgan fingerprint density at radius 2 is 1.84 bits per heavy atom. The maximum Gasteiger partial charge on any atom is 0.330 e. The van der Waals surface area contributed by atoms with Crippen LogP contribution in [0.5, 0.6) is 0 Å². The highest BCUT2D eigenvalue weighted by Gasteiger charge is 2.25. The minimum atomic E-state index is -0.998. The maximum atomic E-state index is 12.0. The van der Waals surface area contributed by atoms with Crippen LogP contribution in [-0.4, -0.2) is 11.5 Å². The Kier molecular flexibility index (Phi) is 4.31. The number of halogens is 1. The van der Waals surface area contributed by atoms with Gasteiger partial charge in [0.25, 0.3) is 0 Å². The van der Waals surface area contributed by atoms with Gasteiger partial charge in [0.1, 0.15) is 11.3 Å². The van der Waals surface area contributed by atoms with E-state index in [0.717, 1.165) is 11.6 Å². The average Bonchev–Trinajstić information content (AvgIpc) is 3.02. The number of rotatable bonds is 2. The summed E-state index contributed by atoms with van der Waals surface area (Å²) in [5.41, 5.74) is 7.34. The smallest absolute Gasteiger partial charge is 0.330 e. The van der Waals surface area contributed by atoms with Crippen molar-refractivity contribution in [3.8, 4) is 0 Å². The largest absolute Gasteiger partial charge is 0.425 e. The number of hydrogen-bond acceptors (Lipinski definition) is 3. The van der Waals surface area contributed by atoms with E-state index in [4.69, 9.17) is 10.5 Å². The Morgan fingerprint density at radius 3 is 2.60 bits per heavy atom. The Balaban J connectivity index is 0.00000182. The molecule has 0 saturated carbocycles. The van der Waals surface area contributed by atoms with Crippen molar-refractivity contribution in [2.45, 2.75) is 25.8 Å². The standard InChI is InChI=1S/C21H19NO2.ClH/c1-21(2,22)20(23)24-15-8-11-17-14(12-15)7-10-18-16-5-3-4-13(16)6-9-19(17)18;/h3-10,12H,11,22H2,1-2H3;1H. The lowest BCUT2D eigenvalue weighted by Gasteiger charge is -2.19. The first-order chi connectivity index (χ1) is 11.4. The molecule has 0 aliphatic heterocycles. The average molecular weight is 354 g/mol. The van der Waals surface area contributed by atoms with Gasteiger partial charge in [-0.2, -0.15) is 0 Å². The number of hydrogen-bond donors (Lipinski definition) is 1. The lowest BCUT2D eigenvalue weighted by atomic mass is 9.93. The Morgan fingerprint density at radius 1 is 1.12 bits per heavy atom. The predicted octanol–water partition coefficient (Wildman–Crippen LogP) is 2.57. The summed E-state index contributed by atoms with van der Waals surface area (Å²) in [5.74, 6) is 0.146. The summed E-state index contributed by atoms with van der Waals surface area (Å²) < 4.78 is 5.42. The number of allylic oxidation sites excluding steroid dienone is 3. The van der Waals surface area contributed by atoms with Gasteiger partial charge in [-0.15, -0.1) is 12.4 Å². The number of carbonyl (C=O) groups excluding carboxylic acids is 1. The molecule has 2 aromatic carbocycles. The summed E-state index contributed by atoms with van der Waals surface area (Å²) in [6, 6.07) is 8.58. The number of fused-ring (bicyclic) bond motifs is 5. The first kappa shape index (κ1) is 17.5. The van der Waals surface area contributed by atoms with E-state index in [0.29, 0.717) is 5.76 Å². The Bertz CT molecular complexity index is 1060. The molecule has 2 aromatic rings. The summed E-state index contributed by atoms with van der Waals surface area (Å²) in [7, 11) is 0. The van der Waals surface area contributed by atoms with Gasteiger partial charge in [-0.05, 0) is 64.8 Å². The first-order valence-electron chi connectivity index (χ1n) is 8.09. The van der Waals surface area contributed by atoms with Crippen LogP contribution in [0.4, 0.5) is 0 Å². The van der Waals surface area contributed by atoms with Gasteiger partial charge in [-0.1, -0.05) is 42.5 Å². The molecule has 0 unspecified atom stereocenters. The second-order valence-electron chi connectivity index (χ2n) is 6.89. The molecule has 0 spiro atoms. The van der Waals surface area contributed by atoms with Crippen molar-refractivity contribution in [2.24, 2.45) is 5.73 Å². The van der Waals surface area contributed by atoms with Gasteiger partial charge in [0.2, 0.25) is 0 Å². The second kappa shape index (κ2) is 6.17. The van der Waals surface area contributed by atoms with Gasteiger partial charge in [0.05, 0.1) is 0 Å². The van der Waals surface area contributed by atoms with E-state index < -0.39 is 11.5 Å². The highest BCUT2D eigenvalue weighted by atomic mass is 35.5. The van der Waals surface area contributed by atoms with Crippen molar-refractivity contribution >= 4 is 47.4 Å². The van der Waals surface area contributed by atoms with Crippen LogP contribution in [0, 0.1) is 0 Å². The zero-order valence-corrected chi connectivity index (χ0v) is 15.0. The van der Waals surface area contributed by atoms with Crippen LogP contribution in [0.15, 0.2) is 42.2 Å². The van der Waals surface area contributed by atoms with Gasteiger partial charge in [-0.3, -0.25) is 0 Å². The molecule has 2 N–H and O–H groups in total. The SMILES string of the molecule is CC(C)(N)C(=O)OC1=CCc2c(ccc3c4c(ccc23)=CC=C4)=C1.Cl. The number of carbonyl (C=O) groups is 1. The highest BCUT2D eigenvalue weighted by Crippen LogP contribution is 2.23. The zero-order chi connectivity index (χ0) is 16.9. The van der Waals surface area contributed by atoms with Crippen LogP contribution in [-0.2, 0) is 16.0 Å². The van der Waals surface area contributed by atoms with Crippen molar-refractivity contribution in [1.82, 2.24) is 0 Å². The first-order valence-corrected chi connectivity index (χ1v) is 8.09. The van der Waals surface area contributed by atoms with Gasteiger partial charge in [-0.25, -0.2) is 4.79 Å². The molecule has 0 saturated heterocycles. The van der Waals surface area contributed by atoms with Crippen LogP contribution < -0.4 is 16.2 Å². The summed E-state index contributed by atoms with van der Waals surface area (Å²) in [6.45, 7) is 3.29. The van der Waals surface area contributed by atoms with E-state index >= 15 is 0 Å². The molecule has 2 aliphatic rings. The van der Waals surface area contributed by atoms with Crippen molar-refractivity contribution in [3.05, 3.63) is 63.7 Å². The predicted molar refractivity (Wildman–Crippen MR) is 105 cm³/mol. The van der Waals surface area contributed by atoms with E-state index in [-0.39, 0.29) is 12.4 Å². The maximum absolute atomic E-state index is 12.0. The third kappa shape index (κ3) is 3.01. The molecule has 0 amide bonds. The highest BCUT2D eigenvalue weighted by molar-refractivity contribution is 5.96. The number of benzene rings is 2. The summed E-state index contributed by atoms with van der Waals surface area (Å²) in [4.78, 5) is 12.0. The molecule has 0 aromatic heterocycles. The van der Waals surface area contributed by atoms with E-state index in [1.807, 2.05) is 12.2 Å². The van der Waals surface area contributed by atoms with E-state index in [9.17, 15) is 4.79 Å². The van der Waals surface area contributed by atoms with Crippen LogP contribution in [0.25, 0.3) is 29.0 Å². The van der Waals surface area contributed by atoms with Gasteiger partial charge in [0, 0.05) is 0 Å². The molecule has 25 heavy (non-hydrogen) atoms. The van der Waals surface area contributed by atoms with Crippen molar-refractivity contribution in [1.29, 1.82) is 0 Å². The van der Waals surface area contributed by atoms with Crippen LogP contribution in [0.1, 0.15) is 25.0 Å².